The van der Waals surface area contributed by atoms with Gasteiger partial charge in [-0.05, 0) is 18.4 Å². The fourth-order valence-corrected chi connectivity index (χ4v) is 1.12. The van der Waals surface area contributed by atoms with Crippen molar-refractivity contribution in [1.29, 1.82) is 0 Å². The molecule has 0 aromatic rings. The van der Waals surface area contributed by atoms with Crippen LogP contribution in [-0.2, 0) is 4.79 Å². The summed E-state index contributed by atoms with van der Waals surface area (Å²) < 4.78 is 24.3. The third-order valence-electron chi connectivity index (χ3n) is 1.51. The Kier molecular flexibility index (Phi) is 4.47. The van der Waals surface area contributed by atoms with E-state index in [0.29, 0.717) is 5.75 Å². The summed E-state index contributed by atoms with van der Waals surface area (Å²) in [5.41, 5.74) is 2.62. The molecule has 0 saturated carbocycles. The second kappa shape index (κ2) is 4.61. The van der Waals surface area contributed by atoms with Gasteiger partial charge in [0.1, 0.15) is 0 Å². The fraction of sp³-hybridized carbons (Fsp3) is 0.833. The Labute approximate surface area is 73.3 Å². The Morgan fingerprint density at radius 3 is 2.50 bits per heavy atom. The zero-order valence-electron chi connectivity index (χ0n) is 6.59. The maximum Gasteiger partial charge on any atom is 0.329 e. The van der Waals surface area contributed by atoms with Gasteiger partial charge in [0.2, 0.25) is 0 Å². The van der Waals surface area contributed by atoms with Crippen molar-refractivity contribution in [2.75, 3.05) is 12.0 Å². The van der Waals surface area contributed by atoms with Crippen LogP contribution in [0.25, 0.3) is 0 Å². The highest BCUT2D eigenvalue weighted by molar-refractivity contribution is 7.98. The van der Waals surface area contributed by atoms with Crippen molar-refractivity contribution in [3.8, 4) is 0 Å². The molecule has 0 aromatic heterocycles. The van der Waals surface area contributed by atoms with Crippen molar-refractivity contribution in [3.63, 3.8) is 0 Å². The Hall–Kier alpha value is -0.360. The fourth-order valence-electron chi connectivity index (χ4n) is 0.580. The summed E-state index contributed by atoms with van der Waals surface area (Å²) in [6.45, 7) is 0. The molecule has 0 spiro atoms. The number of halogens is 2. The molecule has 0 fully saturated rings. The molecule has 12 heavy (non-hydrogen) atoms. The smallest absolute Gasteiger partial charge is 0.329 e. The number of thioether (sulfide) groups is 1. The number of rotatable bonds is 5. The highest BCUT2D eigenvalue weighted by atomic mass is 32.2. The summed E-state index contributed by atoms with van der Waals surface area (Å²) in [7, 11) is 0. The number of carbonyl (C=O) groups is 1. The van der Waals surface area contributed by atoms with E-state index in [9.17, 15) is 13.6 Å². The maximum atomic E-state index is 12.1. The molecule has 0 heterocycles. The lowest BCUT2D eigenvalue weighted by atomic mass is 9.99. The molecule has 0 aliphatic rings. The Bertz CT molecular complexity index is 168. The Morgan fingerprint density at radius 1 is 1.75 bits per heavy atom. The zero-order chi connectivity index (χ0) is 9.78. The summed E-state index contributed by atoms with van der Waals surface area (Å²) in [6, 6.07) is 0. The molecule has 0 radical (unpaired) electrons. The first-order valence-corrected chi connectivity index (χ1v) is 4.64. The lowest BCUT2D eigenvalue weighted by Gasteiger charge is -2.22. The SMILES string of the molecule is CSCCC(N)(C(=O)O)C(F)F. The van der Waals surface area contributed by atoms with Gasteiger partial charge in [-0.25, -0.2) is 13.6 Å². The van der Waals surface area contributed by atoms with E-state index in [-0.39, 0.29) is 6.42 Å². The number of carboxylic acids is 1. The van der Waals surface area contributed by atoms with E-state index in [1.165, 1.54) is 11.8 Å². The number of alkyl halides is 2. The van der Waals surface area contributed by atoms with Crippen molar-refractivity contribution in [2.45, 2.75) is 18.4 Å². The predicted molar refractivity (Wildman–Crippen MR) is 43.6 cm³/mol. The minimum absolute atomic E-state index is 0.221. The van der Waals surface area contributed by atoms with Gasteiger partial charge < -0.3 is 10.8 Å². The average Bonchev–Trinajstić information content (AvgIpc) is 1.99. The van der Waals surface area contributed by atoms with Gasteiger partial charge >= 0.3 is 5.97 Å². The van der Waals surface area contributed by atoms with Crippen LogP contribution >= 0.6 is 11.8 Å². The monoisotopic (exact) mass is 199 g/mol. The molecule has 0 saturated heterocycles. The lowest BCUT2D eigenvalue weighted by Crippen LogP contribution is -2.54. The second-order valence-corrected chi connectivity index (χ2v) is 3.37. The van der Waals surface area contributed by atoms with Gasteiger partial charge in [0.25, 0.3) is 6.43 Å². The quantitative estimate of drug-likeness (QED) is 0.687. The summed E-state index contributed by atoms with van der Waals surface area (Å²) in [5, 5.41) is 8.42. The maximum absolute atomic E-state index is 12.1. The first kappa shape index (κ1) is 11.6. The lowest BCUT2D eigenvalue weighted by molar-refractivity contribution is -0.149. The zero-order valence-corrected chi connectivity index (χ0v) is 7.41. The van der Waals surface area contributed by atoms with Crippen LogP contribution in [0.3, 0.4) is 0 Å². The second-order valence-electron chi connectivity index (χ2n) is 2.39. The predicted octanol–water partition coefficient (Wildman–Crippen LogP) is 0.787. The molecule has 0 amide bonds. The first-order chi connectivity index (χ1) is 5.45. The van der Waals surface area contributed by atoms with Gasteiger partial charge in [-0.3, -0.25) is 0 Å². The summed E-state index contributed by atoms with van der Waals surface area (Å²) in [5.74, 6) is -1.33. The molecule has 1 unspecified atom stereocenters. The van der Waals surface area contributed by atoms with Crippen LogP contribution in [-0.4, -0.2) is 35.0 Å². The average molecular weight is 199 g/mol. The molecule has 6 heteroatoms. The highest BCUT2D eigenvalue weighted by Crippen LogP contribution is 2.19. The van der Waals surface area contributed by atoms with Crippen LogP contribution in [0.2, 0.25) is 0 Å². The molecule has 72 valence electrons. The molecule has 3 N–H and O–H groups in total. The van der Waals surface area contributed by atoms with E-state index in [1.54, 1.807) is 6.26 Å². The number of hydrogen-bond donors (Lipinski definition) is 2. The largest absolute Gasteiger partial charge is 0.480 e. The van der Waals surface area contributed by atoms with E-state index in [2.05, 4.69) is 0 Å². The number of nitrogens with two attached hydrogens (primary N) is 1. The van der Waals surface area contributed by atoms with E-state index in [1.807, 2.05) is 0 Å². The van der Waals surface area contributed by atoms with Crippen LogP contribution in [0, 0.1) is 0 Å². The van der Waals surface area contributed by atoms with Crippen molar-refractivity contribution in [2.24, 2.45) is 5.73 Å². The van der Waals surface area contributed by atoms with E-state index in [4.69, 9.17) is 10.8 Å². The van der Waals surface area contributed by atoms with Crippen LogP contribution in [0.15, 0.2) is 0 Å². The summed E-state index contributed by atoms with van der Waals surface area (Å²) in [4.78, 5) is 10.4. The Morgan fingerprint density at radius 2 is 2.25 bits per heavy atom. The molecular formula is C6H11F2NO2S. The number of hydrogen-bond acceptors (Lipinski definition) is 3. The topological polar surface area (TPSA) is 63.3 Å². The third kappa shape index (κ3) is 2.60. The van der Waals surface area contributed by atoms with Crippen molar-refractivity contribution >= 4 is 17.7 Å². The standard InChI is InChI=1S/C6H11F2NO2S/c1-12-3-2-6(9,4(7)8)5(10)11/h4H,2-3,9H2,1H3,(H,10,11). The van der Waals surface area contributed by atoms with Crippen LogP contribution in [0.4, 0.5) is 8.78 Å². The number of carboxylic acid groups (broad SMARTS) is 1. The van der Waals surface area contributed by atoms with Crippen molar-refractivity contribution < 1.29 is 18.7 Å². The Balaban J connectivity index is 4.29. The summed E-state index contributed by atoms with van der Waals surface area (Å²) >= 11 is 1.29. The minimum atomic E-state index is -3.03. The van der Waals surface area contributed by atoms with Crippen LogP contribution in [0.1, 0.15) is 6.42 Å². The van der Waals surface area contributed by atoms with E-state index in [0.717, 1.165) is 0 Å². The van der Waals surface area contributed by atoms with Gasteiger partial charge in [0.15, 0.2) is 5.54 Å². The highest BCUT2D eigenvalue weighted by Gasteiger charge is 2.43. The van der Waals surface area contributed by atoms with E-state index >= 15 is 0 Å². The van der Waals surface area contributed by atoms with Gasteiger partial charge in [-0.1, -0.05) is 0 Å². The molecule has 1 atom stereocenters. The molecule has 0 aliphatic carbocycles. The van der Waals surface area contributed by atoms with Crippen LogP contribution < -0.4 is 5.73 Å². The molecule has 0 aromatic carbocycles. The van der Waals surface area contributed by atoms with Gasteiger partial charge in [-0.2, -0.15) is 11.8 Å². The van der Waals surface area contributed by atoms with Gasteiger partial charge in [0, 0.05) is 0 Å². The molecule has 0 aliphatic heterocycles. The summed E-state index contributed by atoms with van der Waals surface area (Å²) in [6.07, 6.45) is -1.54. The normalized spacial score (nSPS) is 16.1. The minimum Gasteiger partial charge on any atom is -0.480 e. The molecule has 3 nitrogen and oxygen atoms in total. The van der Waals surface area contributed by atoms with Crippen LogP contribution in [0.5, 0.6) is 0 Å². The first-order valence-electron chi connectivity index (χ1n) is 3.24. The molecule has 0 bridgehead atoms. The third-order valence-corrected chi connectivity index (χ3v) is 2.12. The van der Waals surface area contributed by atoms with Gasteiger partial charge in [-0.15, -0.1) is 0 Å². The van der Waals surface area contributed by atoms with Gasteiger partial charge in [0.05, 0.1) is 0 Å². The van der Waals surface area contributed by atoms with Crippen molar-refractivity contribution in [3.05, 3.63) is 0 Å². The van der Waals surface area contributed by atoms with E-state index < -0.39 is 17.9 Å². The molecule has 0 rings (SSSR count). The van der Waals surface area contributed by atoms with Crippen molar-refractivity contribution in [1.82, 2.24) is 0 Å². The molecular weight excluding hydrogens is 188 g/mol. The number of aliphatic carboxylic acids is 1.